The fraction of sp³-hybridized carbons (Fsp3) is 0.200. The van der Waals surface area contributed by atoms with Crippen LogP contribution >= 0.6 is 15.9 Å². The molecule has 0 aliphatic heterocycles. The largest absolute Gasteiger partial charge is 0.489 e. The molecule has 94 valence electrons. The highest BCUT2D eigenvalue weighted by Gasteiger charge is 2.01. The summed E-state index contributed by atoms with van der Waals surface area (Å²) < 4.78 is 6.87. The van der Waals surface area contributed by atoms with E-state index in [2.05, 4.69) is 28.1 Å². The number of benzene rings is 2. The van der Waals surface area contributed by atoms with Gasteiger partial charge in [0.2, 0.25) is 0 Å². The third kappa shape index (κ3) is 3.34. The molecule has 3 heteroatoms. The van der Waals surface area contributed by atoms with Crippen LogP contribution in [0.25, 0.3) is 0 Å². The van der Waals surface area contributed by atoms with E-state index in [1.165, 1.54) is 0 Å². The molecule has 0 fully saturated rings. The number of halogens is 1. The van der Waals surface area contributed by atoms with Gasteiger partial charge in [-0.2, -0.15) is 0 Å². The van der Waals surface area contributed by atoms with E-state index in [0.717, 1.165) is 26.9 Å². The second-order valence-electron chi connectivity index (χ2n) is 4.22. The zero-order chi connectivity index (χ0) is 13.0. The zero-order valence-electron chi connectivity index (χ0n) is 10.3. The highest BCUT2D eigenvalue weighted by molar-refractivity contribution is 9.10. The molecule has 2 nitrogen and oxygen atoms in total. The molecule has 2 N–H and O–H groups in total. The summed E-state index contributed by atoms with van der Waals surface area (Å²) in [6.07, 6.45) is 0. The Morgan fingerprint density at radius 3 is 2.33 bits per heavy atom. The van der Waals surface area contributed by atoms with Gasteiger partial charge in [-0.1, -0.05) is 40.2 Å². The molecule has 18 heavy (non-hydrogen) atoms. The van der Waals surface area contributed by atoms with Crippen LogP contribution in [0.4, 0.5) is 0 Å². The molecule has 0 spiro atoms. The number of rotatable bonds is 4. The average molecular weight is 306 g/mol. The molecule has 0 amide bonds. The average Bonchev–Trinajstić information content (AvgIpc) is 2.38. The lowest BCUT2D eigenvalue weighted by atomic mass is 10.1. The van der Waals surface area contributed by atoms with Crippen LogP contribution in [0, 0.1) is 6.92 Å². The summed E-state index contributed by atoms with van der Waals surface area (Å²) in [5, 5.41) is 0. The van der Waals surface area contributed by atoms with Crippen LogP contribution in [0.2, 0.25) is 0 Å². The first kappa shape index (κ1) is 13.1. The fourth-order valence-electron chi connectivity index (χ4n) is 1.71. The van der Waals surface area contributed by atoms with Gasteiger partial charge < -0.3 is 10.5 Å². The Hall–Kier alpha value is -1.32. The van der Waals surface area contributed by atoms with Crippen molar-refractivity contribution in [2.45, 2.75) is 20.1 Å². The summed E-state index contributed by atoms with van der Waals surface area (Å²) in [7, 11) is 0. The molecule has 0 aliphatic carbocycles. The molecular weight excluding hydrogens is 290 g/mol. The van der Waals surface area contributed by atoms with E-state index in [1.807, 2.05) is 37.3 Å². The van der Waals surface area contributed by atoms with Crippen molar-refractivity contribution in [3.8, 4) is 5.75 Å². The monoisotopic (exact) mass is 305 g/mol. The minimum Gasteiger partial charge on any atom is -0.489 e. The Balaban J connectivity index is 2.02. The van der Waals surface area contributed by atoms with E-state index >= 15 is 0 Å². The lowest BCUT2D eigenvalue weighted by Gasteiger charge is -2.09. The third-order valence-electron chi connectivity index (χ3n) is 2.79. The van der Waals surface area contributed by atoms with E-state index in [0.29, 0.717) is 13.2 Å². The number of hydrogen-bond donors (Lipinski definition) is 1. The first-order valence-electron chi connectivity index (χ1n) is 5.86. The number of hydrogen-bond acceptors (Lipinski definition) is 2. The highest BCUT2D eigenvalue weighted by atomic mass is 79.9. The molecular formula is C15H16BrNO. The van der Waals surface area contributed by atoms with Crippen molar-refractivity contribution >= 4 is 15.9 Å². The highest BCUT2D eigenvalue weighted by Crippen LogP contribution is 2.23. The molecule has 0 saturated carbocycles. The molecule has 2 aromatic carbocycles. The molecule has 0 bridgehead atoms. The number of nitrogens with two attached hydrogens (primary N) is 1. The summed E-state index contributed by atoms with van der Waals surface area (Å²) in [4.78, 5) is 0. The van der Waals surface area contributed by atoms with Gasteiger partial charge in [0.25, 0.3) is 0 Å². The van der Waals surface area contributed by atoms with E-state index in [-0.39, 0.29) is 0 Å². The van der Waals surface area contributed by atoms with Gasteiger partial charge in [0, 0.05) is 11.0 Å². The summed E-state index contributed by atoms with van der Waals surface area (Å²) in [5.41, 5.74) is 8.98. The van der Waals surface area contributed by atoms with Gasteiger partial charge in [0.1, 0.15) is 12.4 Å². The quantitative estimate of drug-likeness (QED) is 0.932. The second-order valence-corrected chi connectivity index (χ2v) is 5.13. The van der Waals surface area contributed by atoms with Gasteiger partial charge in [-0.15, -0.1) is 0 Å². The van der Waals surface area contributed by atoms with Crippen molar-refractivity contribution in [3.63, 3.8) is 0 Å². The number of aryl methyl sites for hydroxylation is 1. The van der Waals surface area contributed by atoms with Crippen molar-refractivity contribution in [2.75, 3.05) is 0 Å². The van der Waals surface area contributed by atoms with Crippen LogP contribution in [-0.2, 0) is 13.2 Å². The molecule has 0 atom stereocenters. The third-order valence-corrected chi connectivity index (χ3v) is 3.28. The van der Waals surface area contributed by atoms with Gasteiger partial charge in [-0.25, -0.2) is 0 Å². The van der Waals surface area contributed by atoms with Gasteiger partial charge in [-0.05, 0) is 41.8 Å². The Morgan fingerprint density at radius 2 is 1.72 bits per heavy atom. The normalized spacial score (nSPS) is 10.4. The Labute approximate surface area is 116 Å². The van der Waals surface area contributed by atoms with E-state index < -0.39 is 0 Å². The van der Waals surface area contributed by atoms with Crippen LogP contribution < -0.4 is 10.5 Å². The molecule has 2 rings (SSSR count). The minimum atomic E-state index is 0.576. The fourth-order valence-corrected chi connectivity index (χ4v) is 2.18. The lowest BCUT2D eigenvalue weighted by molar-refractivity contribution is 0.304. The van der Waals surface area contributed by atoms with E-state index in [9.17, 15) is 0 Å². The maximum Gasteiger partial charge on any atom is 0.122 e. The summed E-state index contributed by atoms with van der Waals surface area (Å²) in [5.74, 6) is 0.918. The summed E-state index contributed by atoms with van der Waals surface area (Å²) >= 11 is 3.44. The maximum absolute atomic E-state index is 5.80. The Kier molecular flexibility index (Phi) is 4.39. The summed E-state index contributed by atoms with van der Waals surface area (Å²) in [6.45, 7) is 3.19. The standard InChI is InChI=1S/C15H16BrNO/c1-11-8-14(16)6-7-15(11)18-10-13-4-2-12(9-17)3-5-13/h2-8H,9-10,17H2,1H3. The lowest BCUT2D eigenvalue weighted by Crippen LogP contribution is -1.99. The van der Waals surface area contributed by atoms with E-state index in [4.69, 9.17) is 10.5 Å². The van der Waals surface area contributed by atoms with E-state index in [1.54, 1.807) is 0 Å². The van der Waals surface area contributed by atoms with Gasteiger partial charge >= 0.3 is 0 Å². The van der Waals surface area contributed by atoms with Crippen LogP contribution in [0.1, 0.15) is 16.7 Å². The smallest absolute Gasteiger partial charge is 0.122 e. The molecule has 0 unspecified atom stereocenters. The minimum absolute atomic E-state index is 0.576. The van der Waals surface area contributed by atoms with Crippen LogP contribution in [-0.4, -0.2) is 0 Å². The van der Waals surface area contributed by atoms with Crippen molar-refractivity contribution in [1.29, 1.82) is 0 Å². The second kappa shape index (κ2) is 6.03. The van der Waals surface area contributed by atoms with Crippen molar-refractivity contribution in [1.82, 2.24) is 0 Å². The van der Waals surface area contributed by atoms with Crippen LogP contribution in [0.3, 0.4) is 0 Å². The predicted molar refractivity (Wildman–Crippen MR) is 77.5 cm³/mol. The van der Waals surface area contributed by atoms with Crippen LogP contribution in [0.15, 0.2) is 46.9 Å². The molecule has 0 aromatic heterocycles. The van der Waals surface area contributed by atoms with Crippen LogP contribution in [0.5, 0.6) is 5.75 Å². The summed E-state index contributed by atoms with van der Waals surface area (Å²) in [6, 6.07) is 14.2. The first-order chi connectivity index (χ1) is 8.69. The zero-order valence-corrected chi connectivity index (χ0v) is 11.9. The van der Waals surface area contributed by atoms with Gasteiger partial charge in [-0.3, -0.25) is 0 Å². The van der Waals surface area contributed by atoms with Crippen molar-refractivity contribution in [2.24, 2.45) is 5.73 Å². The molecule has 0 aliphatic rings. The van der Waals surface area contributed by atoms with Gasteiger partial charge in [0.15, 0.2) is 0 Å². The van der Waals surface area contributed by atoms with Crippen molar-refractivity contribution < 1.29 is 4.74 Å². The predicted octanol–water partition coefficient (Wildman–Crippen LogP) is 3.80. The molecule has 0 radical (unpaired) electrons. The first-order valence-corrected chi connectivity index (χ1v) is 6.65. The maximum atomic E-state index is 5.80. The van der Waals surface area contributed by atoms with Gasteiger partial charge in [0.05, 0.1) is 0 Å². The molecule has 2 aromatic rings. The Bertz CT molecular complexity index is 523. The molecule has 0 saturated heterocycles. The SMILES string of the molecule is Cc1cc(Br)ccc1OCc1ccc(CN)cc1. The topological polar surface area (TPSA) is 35.2 Å². The molecule has 0 heterocycles. The Morgan fingerprint density at radius 1 is 1.06 bits per heavy atom. The number of ether oxygens (including phenoxy) is 1. The van der Waals surface area contributed by atoms with Crippen molar-refractivity contribution in [3.05, 3.63) is 63.6 Å².